The van der Waals surface area contributed by atoms with Crippen molar-refractivity contribution in [1.29, 1.82) is 0 Å². The number of ether oxygens (including phenoxy) is 10. The highest BCUT2D eigenvalue weighted by atomic mass is 16.8. The normalized spacial score (nSPS) is 44.0. The molecule has 5 saturated heterocycles. The number of hydrogen-bond acceptors (Lipinski definition) is 17. The van der Waals surface area contributed by atoms with Crippen molar-refractivity contribution >= 4 is 30.0 Å². The predicted molar refractivity (Wildman–Crippen MR) is 191 cm³/mol. The summed E-state index contributed by atoms with van der Waals surface area (Å²) in [6.07, 6.45) is -10.2. The van der Waals surface area contributed by atoms with Crippen LogP contribution in [0.5, 0.6) is 0 Å². The number of aliphatic hydroxyl groups is 3. The molecule has 314 valence electrons. The maximum absolute atomic E-state index is 13.7. The van der Waals surface area contributed by atoms with E-state index in [1.54, 1.807) is 6.08 Å². The number of esters is 4. The summed E-state index contributed by atoms with van der Waals surface area (Å²) in [6.45, 7) is 7.90. The van der Waals surface area contributed by atoms with Crippen molar-refractivity contribution in [2.24, 2.45) is 17.8 Å². The fourth-order valence-electron chi connectivity index (χ4n) is 8.90. The molecule has 57 heavy (non-hydrogen) atoms. The summed E-state index contributed by atoms with van der Waals surface area (Å²) in [7, 11) is 0. The molecular formula is C40H52O17. The summed E-state index contributed by atoms with van der Waals surface area (Å²) in [5, 5.41) is 32.8. The van der Waals surface area contributed by atoms with Gasteiger partial charge < -0.3 is 62.7 Å². The number of carbonyl (C=O) groups is 4. The Kier molecular flexibility index (Phi) is 12.1. The van der Waals surface area contributed by atoms with Crippen LogP contribution in [-0.4, -0.2) is 137 Å². The van der Waals surface area contributed by atoms with Gasteiger partial charge >= 0.3 is 23.9 Å². The van der Waals surface area contributed by atoms with Gasteiger partial charge in [0.15, 0.2) is 30.2 Å². The van der Waals surface area contributed by atoms with Gasteiger partial charge in [-0.2, -0.15) is 0 Å². The summed E-state index contributed by atoms with van der Waals surface area (Å²) in [4.78, 5) is 50.5. The molecule has 3 N–H and O–H groups in total. The average molecular weight is 805 g/mol. The van der Waals surface area contributed by atoms with E-state index in [4.69, 9.17) is 47.4 Å². The standard InChI is InChI=1S/C40H52O17/c1-19-17-48-40(16-28(19)54-29(43)14-11-24-9-7-6-8-10-24)39(18-49-39)26-13-12-25(15-27(26)57-40)36(47)56-38-32(46)35(53-23(5)42)33(21(3)51-38)55-37-31(45)34(52-22(4)41)30(44)20(2)50-37/h6-11,14,19-21,25-28,30-35,37-38,44-46H,12-13,15-18H2,1-5H3. The van der Waals surface area contributed by atoms with Gasteiger partial charge in [0.05, 0.1) is 37.4 Å². The van der Waals surface area contributed by atoms with Crippen LogP contribution in [0.4, 0.5) is 0 Å². The lowest BCUT2D eigenvalue weighted by Gasteiger charge is -2.46. The smallest absolute Gasteiger partial charge is 0.331 e. The van der Waals surface area contributed by atoms with E-state index in [1.165, 1.54) is 19.9 Å². The second kappa shape index (κ2) is 16.6. The van der Waals surface area contributed by atoms with Crippen molar-refractivity contribution in [2.45, 2.75) is 145 Å². The molecule has 2 spiro atoms. The van der Waals surface area contributed by atoms with Crippen molar-refractivity contribution < 1.29 is 81.9 Å². The molecule has 0 aromatic heterocycles. The molecule has 17 nitrogen and oxygen atoms in total. The fraction of sp³-hybridized carbons (Fsp3) is 0.700. The van der Waals surface area contributed by atoms with E-state index >= 15 is 0 Å². The zero-order valence-electron chi connectivity index (χ0n) is 32.5. The molecule has 5 heterocycles. The zero-order chi connectivity index (χ0) is 40.8. The van der Waals surface area contributed by atoms with Crippen LogP contribution < -0.4 is 0 Å². The molecule has 5 aliphatic heterocycles. The Labute approximate surface area is 329 Å². The molecule has 1 aromatic carbocycles. The highest BCUT2D eigenvalue weighted by Gasteiger charge is 2.76. The zero-order valence-corrected chi connectivity index (χ0v) is 32.5. The fourth-order valence-corrected chi connectivity index (χ4v) is 8.90. The molecular weight excluding hydrogens is 752 g/mol. The molecule has 1 aromatic rings. The first-order valence-electron chi connectivity index (χ1n) is 19.6. The van der Waals surface area contributed by atoms with Crippen molar-refractivity contribution in [3.8, 4) is 0 Å². The average Bonchev–Trinajstić information content (AvgIpc) is 3.94. The molecule has 1 saturated carbocycles. The van der Waals surface area contributed by atoms with Gasteiger partial charge in [-0.05, 0) is 44.7 Å². The number of carbonyl (C=O) groups excluding carboxylic acids is 4. The molecule has 6 fully saturated rings. The third kappa shape index (κ3) is 8.36. The van der Waals surface area contributed by atoms with Crippen molar-refractivity contribution in [3.63, 3.8) is 0 Å². The van der Waals surface area contributed by atoms with Crippen molar-refractivity contribution in [2.75, 3.05) is 13.2 Å². The number of hydrogen-bond donors (Lipinski definition) is 3. The van der Waals surface area contributed by atoms with Gasteiger partial charge in [-0.1, -0.05) is 37.3 Å². The third-order valence-electron chi connectivity index (χ3n) is 12.0. The molecule has 0 radical (unpaired) electrons. The van der Waals surface area contributed by atoms with Crippen LogP contribution in [-0.2, 0) is 66.5 Å². The molecule has 17 unspecified atom stereocenters. The Morgan fingerprint density at radius 3 is 2.14 bits per heavy atom. The number of epoxide rings is 1. The van der Waals surface area contributed by atoms with E-state index in [2.05, 4.69) is 0 Å². The monoisotopic (exact) mass is 804 g/mol. The first kappa shape index (κ1) is 41.6. The van der Waals surface area contributed by atoms with Gasteiger partial charge in [-0.25, -0.2) is 4.79 Å². The van der Waals surface area contributed by atoms with Gasteiger partial charge in [0.2, 0.25) is 12.1 Å². The summed E-state index contributed by atoms with van der Waals surface area (Å²) in [5.74, 6) is -4.68. The minimum Gasteiger partial charge on any atom is -0.459 e. The van der Waals surface area contributed by atoms with E-state index in [9.17, 15) is 34.5 Å². The maximum Gasteiger partial charge on any atom is 0.331 e. The molecule has 6 aliphatic rings. The van der Waals surface area contributed by atoms with Crippen LogP contribution in [0.25, 0.3) is 6.08 Å². The molecule has 0 bridgehead atoms. The Balaban J connectivity index is 0.983. The van der Waals surface area contributed by atoms with Crippen molar-refractivity contribution in [3.05, 3.63) is 42.0 Å². The third-order valence-corrected chi connectivity index (χ3v) is 12.0. The highest BCUT2D eigenvalue weighted by molar-refractivity contribution is 5.87. The number of aliphatic hydroxyl groups excluding tert-OH is 3. The summed E-state index contributed by atoms with van der Waals surface area (Å²) < 4.78 is 59.0. The number of benzene rings is 1. The maximum atomic E-state index is 13.7. The van der Waals surface area contributed by atoms with Gasteiger partial charge in [-0.3, -0.25) is 14.4 Å². The van der Waals surface area contributed by atoms with Crippen molar-refractivity contribution in [1.82, 2.24) is 0 Å². The molecule has 7 rings (SSSR count). The second-order valence-corrected chi connectivity index (χ2v) is 16.0. The first-order chi connectivity index (χ1) is 27.1. The van der Waals surface area contributed by atoms with E-state index in [1.807, 2.05) is 37.3 Å². The summed E-state index contributed by atoms with van der Waals surface area (Å²) in [5.41, 5.74) is 0.124. The number of rotatable bonds is 9. The van der Waals surface area contributed by atoms with E-state index in [-0.39, 0.29) is 31.3 Å². The van der Waals surface area contributed by atoms with Gasteiger partial charge in [-0.15, -0.1) is 0 Å². The number of fused-ring (bicyclic) bond motifs is 3. The molecule has 1 aliphatic carbocycles. The van der Waals surface area contributed by atoms with Gasteiger partial charge in [0, 0.05) is 38.2 Å². The first-order valence-corrected chi connectivity index (χ1v) is 19.6. The van der Waals surface area contributed by atoms with Crippen LogP contribution in [0, 0.1) is 17.8 Å². The van der Waals surface area contributed by atoms with Crippen LogP contribution in [0.1, 0.15) is 65.9 Å². The quantitative estimate of drug-likeness (QED) is 0.139. The van der Waals surface area contributed by atoms with Gasteiger partial charge in [0.1, 0.15) is 24.4 Å². The van der Waals surface area contributed by atoms with Crippen LogP contribution in [0.3, 0.4) is 0 Å². The Bertz CT molecular complexity index is 1670. The topological polar surface area (TPSA) is 225 Å². The van der Waals surface area contributed by atoms with E-state index in [0.717, 1.165) is 19.4 Å². The van der Waals surface area contributed by atoms with E-state index in [0.29, 0.717) is 19.4 Å². The van der Waals surface area contributed by atoms with E-state index < -0.39 is 115 Å². The van der Waals surface area contributed by atoms with Gasteiger partial charge in [0.25, 0.3) is 0 Å². The second-order valence-electron chi connectivity index (χ2n) is 16.0. The minimum atomic E-state index is -1.72. The molecule has 0 amide bonds. The van der Waals surface area contributed by atoms with Crippen LogP contribution >= 0.6 is 0 Å². The minimum absolute atomic E-state index is 0.0892. The Hall–Kier alpha value is -3.52. The summed E-state index contributed by atoms with van der Waals surface area (Å²) >= 11 is 0. The SMILES string of the molecule is CC(=O)OC1C(O)C(C)OC(OC2C(C)OC(OC(=O)C3CCC4C(C3)OC3(CC(OC(=O)C=Cc5ccccc5)C(C)CO3)C43CO3)C(O)C2OC(C)=O)C1O. The Morgan fingerprint density at radius 1 is 0.789 bits per heavy atom. The molecule has 17 heteroatoms. The lowest BCUT2D eigenvalue weighted by molar-refractivity contribution is -0.350. The Morgan fingerprint density at radius 2 is 1.46 bits per heavy atom. The highest BCUT2D eigenvalue weighted by Crippen LogP contribution is 2.62. The lowest BCUT2D eigenvalue weighted by Crippen LogP contribution is -2.64. The molecule has 17 atom stereocenters. The predicted octanol–water partition coefficient (Wildman–Crippen LogP) is 1.31. The van der Waals surface area contributed by atoms with Crippen LogP contribution in [0.15, 0.2) is 36.4 Å². The van der Waals surface area contributed by atoms with Crippen LogP contribution in [0.2, 0.25) is 0 Å². The summed E-state index contributed by atoms with van der Waals surface area (Å²) in [6, 6.07) is 9.43. The largest absolute Gasteiger partial charge is 0.459 e. The lowest BCUT2D eigenvalue weighted by atomic mass is 9.72.